The van der Waals surface area contributed by atoms with E-state index in [0.29, 0.717) is 6.42 Å². The van der Waals surface area contributed by atoms with Gasteiger partial charge in [0.2, 0.25) is 0 Å². The number of likely N-dealkylation sites (tertiary alicyclic amines) is 1. The second kappa shape index (κ2) is 5.73. The predicted octanol–water partition coefficient (Wildman–Crippen LogP) is 1.87. The van der Waals surface area contributed by atoms with Crippen molar-refractivity contribution in [1.29, 1.82) is 0 Å². The van der Waals surface area contributed by atoms with Crippen molar-refractivity contribution in [3.8, 4) is 5.75 Å². The van der Waals surface area contributed by atoms with Gasteiger partial charge in [0, 0.05) is 12.7 Å². The summed E-state index contributed by atoms with van der Waals surface area (Å²) in [5, 5.41) is 19.7. The van der Waals surface area contributed by atoms with Crippen LogP contribution >= 0.6 is 0 Å². The van der Waals surface area contributed by atoms with Gasteiger partial charge in [-0.05, 0) is 36.2 Å². The summed E-state index contributed by atoms with van der Waals surface area (Å²) in [7, 11) is 0. The molecule has 3 rings (SSSR count). The van der Waals surface area contributed by atoms with Gasteiger partial charge in [0.1, 0.15) is 11.6 Å². The van der Waals surface area contributed by atoms with Crippen molar-refractivity contribution in [1.82, 2.24) is 9.88 Å². The van der Waals surface area contributed by atoms with Crippen LogP contribution in [0.2, 0.25) is 0 Å². The van der Waals surface area contributed by atoms with E-state index in [1.54, 1.807) is 12.1 Å². The molecule has 5 nitrogen and oxygen atoms in total. The molecule has 1 amide bonds. The molecule has 0 bridgehead atoms. The van der Waals surface area contributed by atoms with E-state index in [-0.39, 0.29) is 29.8 Å². The van der Waals surface area contributed by atoms with E-state index < -0.39 is 12.0 Å². The number of hydrogen-bond donors (Lipinski definition) is 2. The van der Waals surface area contributed by atoms with Gasteiger partial charge in [-0.3, -0.25) is 4.79 Å². The second-order valence-corrected chi connectivity index (χ2v) is 5.29. The summed E-state index contributed by atoms with van der Waals surface area (Å²) in [4.78, 5) is 17.9. The molecular weight excluding hydrogens is 287 g/mol. The van der Waals surface area contributed by atoms with Gasteiger partial charge in [-0.25, -0.2) is 9.37 Å². The van der Waals surface area contributed by atoms with Crippen LogP contribution in [0.25, 0.3) is 0 Å². The Morgan fingerprint density at radius 3 is 2.68 bits per heavy atom. The van der Waals surface area contributed by atoms with Gasteiger partial charge in [0.15, 0.2) is 5.69 Å². The Balaban J connectivity index is 1.92. The number of β-amino-alcohol motifs (C(OH)–C–C–N with tert-alkyl or cyclic N) is 1. The quantitative estimate of drug-likeness (QED) is 0.888. The highest BCUT2D eigenvalue weighted by Crippen LogP contribution is 2.34. The number of benzene rings is 1. The first-order valence-corrected chi connectivity index (χ1v) is 6.94. The summed E-state index contributed by atoms with van der Waals surface area (Å²) >= 11 is 0. The van der Waals surface area contributed by atoms with Gasteiger partial charge < -0.3 is 15.1 Å². The minimum absolute atomic E-state index is 0.0521. The first-order valence-electron chi connectivity index (χ1n) is 6.94. The maximum Gasteiger partial charge on any atom is 0.276 e. The number of amides is 1. The van der Waals surface area contributed by atoms with Crippen LogP contribution in [0.15, 0.2) is 42.6 Å². The van der Waals surface area contributed by atoms with Crippen LogP contribution in [0.1, 0.15) is 28.5 Å². The molecule has 1 aromatic carbocycles. The largest absolute Gasteiger partial charge is 0.505 e. The molecule has 1 saturated heterocycles. The maximum absolute atomic E-state index is 13.1. The molecule has 114 valence electrons. The monoisotopic (exact) mass is 302 g/mol. The Morgan fingerprint density at radius 1 is 1.27 bits per heavy atom. The van der Waals surface area contributed by atoms with Crippen molar-refractivity contribution in [2.75, 3.05) is 6.54 Å². The molecular formula is C16H15FN2O3. The fraction of sp³-hybridized carbons (Fsp3) is 0.250. The van der Waals surface area contributed by atoms with Crippen LogP contribution in [0.4, 0.5) is 4.39 Å². The van der Waals surface area contributed by atoms with Crippen LogP contribution in [0, 0.1) is 5.82 Å². The zero-order valence-electron chi connectivity index (χ0n) is 11.7. The minimum atomic E-state index is -0.662. The molecule has 2 aromatic rings. The van der Waals surface area contributed by atoms with E-state index in [4.69, 9.17) is 0 Å². The van der Waals surface area contributed by atoms with Crippen molar-refractivity contribution in [2.45, 2.75) is 18.6 Å². The van der Waals surface area contributed by atoms with E-state index in [2.05, 4.69) is 4.98 Å². The standard InChI is InChI=1S/C16H15FN2O3/c17-11-5-3-10(4-6-11)13-8-12(20)9-19(13)16(22)15-14(21)2-1-7-18-15/h1-7,12-13,20-21H,8-9H2/t12-,13+/m1/s1. The summed E-state index contributed by atoms with van der Waals surface area (Å²) in [6.07, 6.45) is 1.13. The summed E-state index contributed by atoms with van der Waals surface area (Å²) < 4.78 is 13.1. The zero-order valence-corrected chi connectivity index (χ0v) is 11.7. The van der Waals surface area contributed by atoms with Crippen molar-refractivity contribution in [3.63, 3.8) is 0 Å². The maximum atomic E-state index is 13.1. The minimum Gasteiger partial charge on any atom is -0.505 e. The normalized spacial score (nSPS) is 21.1. The molecule has 6 heteroatoms. The number of aliphatic hydroxyl groups is 1. The molecule has 1 aromatic heterocycles. The lowest BCUT2D eigenvalue weighted by atomic mass is 10.0. The summed E-state index contributed by atoms with van der Waals surface area (Å²) in [5.41, 5.74) is 0.686. The molecule has 0 unspecified atom stereocenters. The number of aliphatic hydroxyl groups excluding tert-OH is 1. The van der Waals surface area contributed by atoms with Gasteiger partial charge in [-0.15, -0.1) is 0 Å². The lowest BCUT2D eigenvalue weighted by Crippen LogP contribution is -2.32. The molecule has 2 atom stereocenters. The van der Waals surface area contributed by atoms with E-state index >= 15 is 0 Å². The summed E-state index contributed by atoms with van der Waals surface area (Å²) in [5.74, 6) is -1.02. The molecule has 0 saturated carbocycles. The number of hydrogen-bond acceptors (Lipinski definition) is 4. The first kappa shape index (κ1) is 14.5. The van der Waals surface area contributed by atoms with E-state index in [0.717, 1.165) is 5.56 Å². The highest BCUT2D eigenvalue weighted by molar-refractivity contribution is 5.95. The number of pyridine rings is 1. The lowest BCUT2D eigenvalue weighted by Gasteiger charge is -2.24. The Kier molecular flexibility index (Phi) is 3.77. The molecule has 1 aliphatic rings. The second-order valence-electron chi connectivity index (χ2n) is 5.29. The van der Waals surface area contributed by atoms with E-state index in [9.17, 15) is 19.4 Å². The number of rotatable bonds is 2. The fourth-order valence-electron chi connectivity index (χ4n) is 2.74. The van der Waals surface area contributed by atoms with Crippen molar-refractivity contribution >= 4 is 5.91 Å². The lowest BCUT2D eigenvalue weighted by molar-refractivity contribution is 0.0706. The van der Waals surface area contributed by atoms with Gasteiger partial charge in [0.25, 0.3) is 5.91 Å². The number of aromatic nitrogens is 1. The number of aromatic hydroxyl groups is 1. The summed E-state index contributed by atoms with van der Waals surface area (Å²) in [6.45, 7) is 0.150. The molecule has 2 heterocycles. The van der Waals surface area contributed by atoms with Crippen molar-refractivity contribution in [3.05, 3.63) is 59.7 Å². The highest BCUT2D eigenvalue weighted by Gasteiger charge is 2.36. The van der Waals surface area contributed by atoms with Crippen molar-refractivity contribution < 1.29 is 19.4 Å². The van der Waals surface area contributed by atoms with Crippen molar-refractivity contribution in [2.24, 2.45) is 0 Å². The van der Waals surface area contributed by atoms with Crippen LogP contribution in [-0.2, 0) is 0 Å². The predicted molar refractivity (Wildman–Crippen MR) is 76.7 cm³/mol. The molecule has 1 fully saturated rings. The number of carbonyl (C=O) groups is 1. The number of halogens is 1. The van der Waals surface area contributed by atoms with Gasteiger partial charge in [0.05, 0.1) is 12.1 Å². The van der Waals surface area contributed by atoms with Crippen LogP contribution in [0.3, 0.4) is 0 Å². The Bertz CT molecular complexity index is 690. The third kappa shape index (κ3) is 2.65. The fourth-order valence-corrected chi connectivity index (χ4v) is 2.74. The van der Waals surface area contributed by atoms with Gasteiger partial charge in [-0.1, -0.05) is 12.1 Å². The zero-order chi connectivity index (χ0) is 15.7. The van der Waals surface area contributed by atoms with E-state index in [1.807, 2.05) is 0 Å². The van der Waals surface area contributed by atoms with Crippen LogP contribution in [-0.4, -0.2) is 38.7 Å². The average molecular weight is 302 g/mol. The molecule has 22 heavy (non-hydrogen) atoms. The molecule has 2 N–H and O–H groups in total. The third-order valence-corrected chi connectivity index (χ3v) is 3.78. The van der Waals surface area contributed by atoms with Crippen LogP contribution < -0.4 is 0 Å². The third-order valence-electron chi connectivity index (χ3n) is 3.78. The average Bonchev–Trinajstić information content (AvgIpc) is 2.90. The molecule has 0 aliphatic carbocycles. The smallest absolute Gasteiger partial charge is 0.276 e. The molecule has 1 aliphatic heterocycles. The molecule has 0 radical (unpaired) electrons. The molecule has 0 spiro atoms. The Hall–Kier alpha value is -2.47. The SMILES string of the molecule is O=C(c1ncccc1O)N1C[C@H](O)C[C@H]1c1ccc(F)cc1. The number of nitrogens with zero attached hydrogens (tertiary/aromatic N) is 2. The summed E-state index contributed by atoms with van der Waals surface area (Å²) in [6, 6.07) is 8.38. The Morgan fingerprint density at radius 2 is 2.00 bits per heavy atom. The first-order chi connectivity index (χ1) is 10.6. The highest BCUT2D eigenvalue weighted by atomic mass is 19.1. The number of carbonyl (C=O) groups excluding carboxylic acids is 1. The topological polar surface area (TPSA) is 73.7 Å². The van der Waals surface area contributed by atoms with Crippen LogP contribution in [0.5, 0.6) is 5.75 Å². The van der Waals surface area contributed by atoms with Gasteiger partial charge in [-0.2, -0.15) is 0 Å². The Labute approximate surface area is 126 Å². The van der Waals surface area contributed by atoms with E-state index in [1.165, 1.54) is 35.4 Å². The van der Waals surface area contributed by atoms with Gasteiger partial charge >= 0.3 is 0 Å².